The molecule has 0 radical (unpaired) electrons. The minimum atomic E-state index is -0.480. The van der Waals surface area contributed by atoms with E-state index in [1.165, 1.54) is 6.92 Å². The van der Waals surface area contributed by atoms with Crippen LogP contribution in [0.25, 0.3) is 0 Å². The Bertz CT molecular complexity index is 676. The van der Waals surface area contributed by atoms with E-state index in [0.29, 0.717) is 17.1 Å². The quantitative estimate of drug-likeness (QED) is 0.581. The molecule has 0 aliphatic carbocycles. The van der Waals surface area contributed by atoms with Crippen LogP contribution in [0.4, 0.5) is 0 Å². The predicted octanol–water partition coefficient (Wildman–Crippen LogP) is 3.02. The summed E-state index contributed by atoms with van der Waals surface area (Å²) in [6.45, 7) is 1.41. The zero-order chi connectivity index (χ0) is 16.7. The van der Waals surface area contributed by atoms with Crippen LogP contribution in [-0.4, -0.2) is 25.5 Å². The van der Waals surface area contributed by atoms with Gasteiger partial charge in [-0.1, -0.05) is 18.2 Å². The Morgan fingerprint density at radius 3 is 2.35 bits per heavy atom. The third-order valence-corrected chi connectivity index (χ3v) is 3.20. The van der Waals surface area contributed by atoms with Crippen LogP contribution >= 0.6 is 0 Å². The molecule has 0 saturated carbocycles. The van der Waals surface area contributed by atoms with Crippen LogP contribution in [0.5, 0.6) is 11.5 Å². The van der Waals surface area contributed by atoms with E-state index in [2.05, 4.69) is 0 Å². The zero-order valence-corrected chi connectivity index (χ0v) is 13.1. The molecule has 23 heavy (non-hydrogen) atoms. The minimum absolute atomic E-state index is 0.0206. The van der Waals surface area contributed by atoms with Gasteiger partial charge in [-0.25, -0.2) is 4.79 Å². The summed E-state index contributed by atoms with van der Waals surface area (Å²) < 4.78 is 15.7. The average Bonchev–Trinajstić information content (AvgIpc) is 2.58. The molecular formula is C18H18O5. The Morgan fingerprint density at radius 1 is 1.00 bits per heavy atom. The number of Topliss-reactive ketones (excluding diaryl/α,β-unsaturated/α-hetero) is 1. The third kappa shape index (κ3) is 4.85. The molecule has 0 unspecified atom stereocenters. The standard InChI is InChI=1S/C18H18O5/c1-13(19)14-7-9-16(10-8-14)22-12-18(20)23-11-15-5-3-4-6-17(15)21-2/h3-10H,11-12H2,1-2H3. The highest BCUT2D eigenvalue weighted by Crippen LogP contribution is 2.18. The highest BCUT2D eigenvalue weighted by molar-refractivity contribution is 5.94. The summed E-state index contributed by atoms with van der Waals surface area (Å²) in [5, 5.41) is 0. The van der Waals surface area contributed by atoms with E-state index in [-0.39, 0.29) is 19.0 Å². The van der Waals surface area contributed by atoms with Crippen LogP contribution in [0.2, 0.25) is 0 Å². The first-order chi connectivity index (χ1) is 11.1. The second-order valence-corrected chi connectivity index (χ2v) is 4.84. The molecule has 2 aromatic rings. The number of ketones is 1. The van der Waals surface area contributed by atoms with Gasteiger partial charge in [0.25, 0.3) is 0 Å². The number of ether oxygens (including phenoxy) is 3. The summed E-state index contributed by atoms with van der Waals surface area (Å²) >= 11 is 0. The van der Waals surface area contributed by atoms with E-state index in [1.54, 1.807) is 37.4 Å². The molecule has 5 nitrogen and oxygen atoms in total. The number of benzene rings is 2. The molecule has 0 aromatic heterocycles. The van der Waals surface area contributed by atoms with Crippen molar-refractivity contribution in [1.82, 2.24) is 0 Å². The lowest BCUT2D eigenvalue weighted by Gasteiger charge is -2.10. The fraction of sp³-hybridized carbons (Fsp3) is 0.222. The second kappa shape index (κ2) is 7.98. The van der Waals surface area contributed by atoms with Crippen LogP contribution in [-0.2, 0) is 16.1 Å². The van der Waals surface area contributed by atoms with Gasteiger partial charge in [0.15, 0.2) is 12.4 Å². The van der Waals surface area contributed by atoms with E-state index in [4.69, 9.17) is 14.2 Å². The first-order valence-corrected chi connectivity index (χ1v) is 7.11. The van der Waals surface area contributed by atoms with Gasteiger partial charge in [0.2, 0.25) is 0 Å². The summed E-state index contributed by atoms with van der Waals surface area (Å²) in [7, 11) is 1.56. The molecule has 2 aromatic carbocycles. The van der Waals surface area contributed by atoms with Crippen molar-refractivity contribution in [3.63, 3.8) is 0 Å². The van der Waals surface area contributed by atoms with Gasteiger partial charge < -0.3 is 14.2 Å². The van der Waals surface area contributed by atoms with Crippen molar-refractivity contribution in [1.29, 1.82) is 0 Å². The predicted molar refractivity (Wildman–Crippen MR) is 84.7 cm³/mol. The first-order valence-electron chi connectivity index (χ1n) is 7.11. The molecule has 0 atom stereocenters. The Balaban J connectivity index is 1.82. The van der Waals surface area contributed by atoms with Crippen LogP contribution in [0.3, 0.4) is 0 Å². The van der Waals surface area contributed by atoms with Crippen molar-refractivity contribution in [2.45, 2.75) is 13.5 Å². The molecular weight excluding hydrogens is 296 g/mol. The Kier molecular flexibility index (Phi) is 5.74. The molecule has 0 bridgehead atoms. The maximum Gasteiger partial charge on any atom is 0.344 e. The van der Waals surface area contributed by atoms with Gasteiger partial charge in [-0.3, -0.25) is 4.79 Å². The zero-order valence-electron chi connectivity index (χ0n) is 13.1. The fourth-order valence-corrected chi connectivity index (χ4v) is 1.95. The Hall–Kier alpha value is -2.82. The number of methoxy groups -OCH3 is 1. The lowest BCUT2D eigenvalue weighted by Crippen LogP contribution is -2.15. The number of rotatable bonds is 7. The molecule has 0 fully saturated rings. The van der Waals surface area contributed by atoms with Gasteiger partial charge in [0.05, 0.1) is 7.11 Å². The van der Waals surface area contributed by atoms with Crippen molar-refractivity contribution in [3.8, 4) is 11.5 Å². The topological polar surface area (TPSA) is 61.8 Å². The lowest BCUT2D eigenvalue weighted by atomic mass is 10.1. The van der Waals surface area contributed by atoms with Gasteiger partial charge in [0.1, 0.15) is 18.1 Å². The summed E-state index contributed by atoms with van der Waals surface area (Å²) in [6, 6.07) is 13.9. The molecule has 5 heteroatoms. The smallest absolute Gasteiger partial charge is 0.344 e. The summed E-state index contributed by atoms with van der Waals surface area (Å²) in [4.78, 5) is 22.9. The molecule has 0 N–H and O–H groups in total. The number of hydrogen-bond acceptors (Lipinski definition) is 5. The summed E-state index contributed by atoms with van der Waals surface area (Å²) in [5.41, 5.74) is 1.38. The lowest BCUT2D eigenvalue weighted by molar-refractivity contribution is -0.147. The van der Waals surface area contributed by atoms with Crippen molar-refractivity contribution in [2.75, 3.05) is 13.7 Å². The Labute approximate surface area is 134 Å². The third-order valence-electron chi connectivity index (χ3n) is 3.20. The molecule has 0 saturated heterocycles. The molecule has 0 amide bonds. The van der Waals surface area contributed by atoms with Crippen molar-refractivity contribution >= 4 is 11.8 Å². The van der Waals surface area contributed by atoms with Gasteiger partial charge in [0, 0.05) is 11.1 Å². The SMILES string of the molecule is COc1ccccc1COC(=O)COc1ccc(C(C)=O)cc1. The highest BCUT2D eigenvalue weighted by Gasteiger charge is 2.08. The van der Waals surface area contributed by atoms with E-state index in [1.807, 2.05) is 18.2 Å². The number of hydrogen-bond donors (Lipinski definition) is 0. The van der Waals surface area contributed by atoms with Gasteiger partial charge >= 0.3 is 5.97 Å². The largest absolute Gasteiger partial charge is 0.496 e. The van der Waals surface area contributed by atoms with Crippen molar-refractivity contribution in [3.05, 3.63) is 59.7 Å². The van der Waals surface area contributed by atoms with Crippen molar-refractivity contribution < 1.29 is 23.8 Å². The first kappa shape index (κ1) is 16.5. The van der Waals surface area contributed by atoms with Crippen LogP contribution in [0.15, 0.2) is 48.5 Å². The van der Waals surface area contributed by atoms with Crippen LogP contribution < -0.4 is 9.47 Å². The van der Waals surface area contributed by atoms with E-state index < -0.39 is 5.97 Å². The molecule has 0 heterocycles. The maximum atomic E-state index is 11.7. The van der Waals surface area contributed by atoms with E-state index in [9.17, 15) is 9.59 Å². The van der Waals surface area contributed by atoms with Crippen LogP contribution in [0.1, 0.15) is 22.8 Å². The van der Waals surface area contributed by atoms with Gasteiger partial charge in [-0.05, 0) is 37.3 Å². The van der Waals surface area contributed by atoms with E-state index >= 15 is 0 Å². The molecule has 0 aliphatic heterocycles. The number of carbonyl (C=O) groups excluding carboxylic acids is 2. The maximum absolute atomic E-state index is 11.7. The van der Waals surface area contributed by atoms with Crippen LogP contribution in [0, 0.1) is 0 Å². The molecule has 0 aliphatic rings. The normalized spacial score (nSPS) is 10.0. The molecule has 0 spiro atoms. The molecule has 120 valence electrons. The Morgan fingerprint density at radius 2 is 1.70 bits per heavy atom. The number of para-hydroxylation sites is 1. The second-order valence-electron chi connectivity index (χ2n) is 4.84. The number of carbonyl (C=O) groups is 2. The minimum Gasteiger partial charge on any atom is -0.496 e. The number of esters is 1. The fourth-order valence-electron chi connectivity index (χ4n) is 1.95. The van der Waals surface area contributed by atoms with Crippen molar-refractivity contribution in [2.24, 2.45) is 0 Å². The summed E-state index contributed by atoms with van der Waals surface area (Å²) in [6.07, 6.45) is 0. The monoisotopic (exact) mass is 314 g/mol. The molecule has 2 rings (SSSR count). The average molecular weight is 314 g/mol. The van der Waals surface area contributed by atoms with Gasteiger partial charge in [-0.15, -0.1) is 0 Å². The van der Waals surface area contributed by atoms with Gasteiger partial charge in [-0.2, -0.15) is 0 Å². The highest BCUT2D eigenvalue weighted by atomic mass is 16.6. The summed E-state index contributed by atoms with van der Waals surface area (Å²) in [5.74, 6) is 0.671. The van der Waals surface area contributed by atoms with E-state index in [0.717, 1.165) is 5.56 Å².